The van der Waals surface area contributed by atoms with Gasteiger partial charge in [-0.05, 0) is 47.9 Å². The topological polar surface area (TPSA) is 72.7 Å². The minimum Gasteiger partial charge on any atom is -0.326 e. The third-order valence-corrected chi connectivity index (χ3v) is 3.63. The van der Waals surface area contributed by atoms with Gasteiger partial charge in [-0.3, -0.25) is 4.79 Å². The van der Waals surface area contributed by atoms with Gasteiger partial charge in [0, 0.05) is 11.6 Å². The van der Waals surface area contributed by atoms with E-state index in [0.29, 0.717) is 0 Å². The van der Waals surface area contributed by atoms with E-state index in [1.807, 2.05) is 25.1 Å². The summed E-state index contributed by atoms with van der Waals surface area (Å²) in [7, 11) is 0. The number of aromatic nitrogens is 4. The van der Waals surface area contributed by atoms with Gasteiger partial charge < -0.3 is 5.32 Å². The molecule has 1 amide bonds. The first kappa shape index (κ1) is 11.8. The van der Waals surface area contributed by atoms with Crippen LogP contribution in [0.15, 0.2) is 24.5 Å². The van der Waals surface area contributed by atoms with Crippen LogP contribution in [0.25, 0.3) is 5.69 Å². The molecule has 0 spiro atoms. The Kier molecular flexibility index (Phi) is 2.98. The van der Waals surface area contributed by atoms with Crippen LogP contribution >= 0.6 is 0 Å². The molecule has 1 aliphatic rings. The van der Waals surface area contributed by atoms with Crippen LogP contribution in [0.4, 0.5) is 5.69 Å². The Balaban J connectivity index is 1.86. The van der Waals surface area contributed by atoms with Crippen molar-refractivity contribution in [1.82, 2.24) is 20.2 Å². The fourth-order valence-corrected chi connectivity index (χ4v) is 2.18. The Bertz CT molecular complexity index is 589. The number of nitrogens with zero attached hydrogens (tertiary/aromatic N) is 4. The SMILES string of the molecule is Cc1c(NC(=O)C2CCC2)cccc1-n1cnnn1. The highest BCUT2D eigenvalue weighted by atomic mass is 16.1. The molecule has 1 aromatic carbocycles. The van der Waals surface area contributed by atoms with Crippen LogP contribution in [-0.2, 0) is 4.79 Å². The first-order valence-electron chi connectivity index (χ1n) is 6.39. The van der Waals surface area contributed by atoms with Gasteiger partial charge in [0.05, 0.1) is 5.69 Å². The van der Waals surface area contributed by atoms with Crippen molar-refractivity contribution in [3.05, 3.63) is 30.1 Å². The molecule has 6 nitrogen and oxygen atoms in total. The van der Waals surface area contributed by atoms with Crippen LogP contribution in [0.5, 0.6) is 0 Å². The Hall–Kier alpha value is -2.24. The first-order valence-corrected chi connectivity index (χ1v) is 6.39. The third kappa shape index (κ3) is 2.21. The van der Waals surface area contributed by atoms with Crippen LogP contribution in [0, 0.1) is 12.8 Å². The van der Waals surface area contributed by atoms with Crippen LogP contribution in [0.2, 0.25) is 0 Å². The van der Waals surface area contributed by atoms with Crippen LogP contribution < -0.4 is 5.32 Å². The van der Waals surface area contributed by atoms with E-state index >= 15 is 0 Å². The summed E-state index contributed by atoms with van der Waals surface area (Å²) < 4.78 is 1.59. The lowest BCUT2D eigenvalue weighted by molar-refractivity contribution is -0.122. The molecule has 0 unspecified atom stereocenters. The number of hydrogen-bond acceptors (Lipinski definition) is 4. The molecule has 1 aromatic heterocycles. The van der Waals surface area contributed by atoms with Crippen molar-refractivity contribution < 1.29 is 4.79 Å². The van der Waals surface area contributed by atoms with E-state index in [2.05, 4.69) is 20.8 Å². The number of carbonyl (C=O) groups is 1. The fourth-order valence-electron chi connectivity index (χ4n) is 2.18. The molecule has 1 N–H and O–H groups in total. The summed E-state index contributed by atoms with van der Waals surface area (Å²) in [6.07, 6.45) is 4.69. The molecule has 6 heteroatoms. The molecule has 3 rings (SSSR count). The summed E-state index contributed by atoms with van der Waals surface area (Å²) in [5.74, 6) is 0.291. The van der Waals surface area contributed by atoms with E-state index in [9.17, 15) is 4.79 Å². The zero-order valence-corrected chi connectivity index (χ0v) is 10.7. The molecule has 1 fully saturated rings. The molecule has 1 aliphatic carbocycles. The number of amides is 1. The number of benzene rings is 1. The third-order valence-electron chi connectivity index (χ3n) is 3.63. The second-order valence-electron chi connectivity index (χ2n) is 4.82. The number of nitrogens with one attached hydrogen (secondary N) is 1. The summed E-state index contributed by atoms with van der Waals surface area (Å²) in [4.78, 5) is 12.0. The van der Waals surface area contributed by atoms with Gasteiger partial charge in [0.15, 0.2) is 0 Å². The summed E-state index contributed by atoms with van der Waals surface area (Å²) in [6.45, 7) is 1.95. The first-order chi connectivity index (χ1) is 9.25. The molecule has 1 saturated carbocycles. The monoisotopic (exact) mass is 257 g/mol. The smallest absolute Gasteiger partial charge is 0.227 e. The average molecular weight is 257 g/mol. The lowest BCUT2D eigenvalue weighted by Gasteiger charge is -2.24. The Morgan fingerprint density at radius 2 is 2.26 bits per heavy atom. The second-order valence-corrected chi connectivity index (χ2v) is 4.82. The maximum atomic E-state index is 12.0. The molecule has 0 aliphatic heterocycles. The normalized spacial score (nSPS) is 15.0. The van der Waals surface area contributed by atoms with Gasteiger partial charge in [0.2, 0.25) is 5.91 Å². The number of hydrogen-bond donors (Lipinski definition) is 1. The van der Waals surface area contributed by atoms with Crippen LogP contribution in [0.3, 0.4) is 0 Å². The molecule has 0 saturated heterocycles. The molecule has 1 heterocycles. The van der Waals surface area contributed by atoms with E-state index in [1.54, 1.807) is 11.0 Å². The summed E-state index contributed by atoms with van der Waals surface area (Å²) in [6, 6.07) is 5.71. The predicted molar refractivity (Wildman–Crippen MR) is 69.9 cm³/mol. The molecule has 0 radical (unpaired) electrons. The molecule has 98 valence electrons. The highest BCUT2D eigenvalue weighted by Crippen LogP contribution is 2.29. The van der Waals surface area contributed by atoms with E-state index < -0.39 is 0 Å². The van der Waals surface area contributed by atoms with Gasteiger partial charge in [-0.1, -0.05) is 12.5 Å². The minimum absolute atomic E-state index is 0.114. The minimum atomic E-state index is 0.114. The number of anilines is 1. The average Bonchev–Trinajstić information content (AvgIpc) is 2.83. The van der Waals surface area contributed by atoms with Gasteiger partial charge in [0.25, 0.3) is 0 Å². The maximum absolute atomic E-state index is 12.0. The standard InChI is InChI=1S/C13H15N5O/c1-9-11(15-13(19)10-4-2-5-10)6-3-7-12(9)18-8-14-16-17-18/h3,6-8,10H,2,4-5H2,1H3,(H,15,19). The van der Waals surface area contributed by atoms with E-state index in [-0.39, 0.29) is 11.8 Å². The van der Waals surface area contributed by atoms with E-state index in [1.165, 1.54) is 0 Å². The van der Waals surface area contributed by atoms with Crippen molar-refractivity contribution in [2.45, 2.75) is 26.2 Å². The summed E-state index contributed by atoms with van der Waals surface area (Å²) >= 11 is 0. The summed E-state index contributed by atoms with van der Waals surface area (Å²) in [5, 5.41) is 14.1. The van der Waals surface area contributed by atoms with Crippen molar-refractivity contribution >= 4 is 11.6 Å². The second kappa shape index (κ2) is 4.79. The van der Waals surface area contributed by atoms with Crippen molar-refractivity contribution in [3.8, 4) is 5.69 Å². The number of rotatable bonds is 3. The number of tetrazole rings is 1. The van der Waals surface area contributed by atoms with Gasteiger partial charge in [-0.2, -0.15) is 0 Å². The Labute approximate surface area is 110 Å². The molecule has 0 bridgehead atoms. The molecule has 0 atom stereocenters. The van der Waals surface area contributed by atoms with Crippen molar-refractivity contribution in [1.29, 1.82) is 0 Å². The maximum Gasteiger partial charge on any atom is 0.227 e. The van der Waals surface area contributed by atoms with Crippen LogP contribution in [-0.4, -0.2) is 26.1 Å². The molecule has 2 aromatic rings. The predicted octanol–water partition coefficient (Wildman–Crippen LogP) is 1.71. The van der Waals surface area contributed by atoms with E-state index in [0.717, 1.165) is 36.2 Å². The fraction of sp³-hybridized carbons (Fsp3) is 0.385. The Morgan fingerprint density at radius 1 is 1.42 bits per heavy atom. The Morgan fingerprint density at radius 3 is 2.89 bits per heavy atom. The van der Waals surface area contributed by atoms with Gasteiger partial charge in [0.1, 0.15) is 6.33 Å². The quantitative estimate of drug-likeness (QED) is 0.908. The molecule has 19 heavy (non-hydrogen) atoms. The number of carbonyl (C=O) groups excluding carboxylic acids is 1. The van der Waals surface area contributed by atoms with Crippen molar-refractivity contribution in [3.63, 3.8) is 0 Å². The van der Waals surface area contributed by atoms with Crippen molar-refractivity contribution in [2.75, 3.05) is 5.32 Å². The van der Waals surface area contributed by atoms with Crippen LogP contribution in [0.1, 0.15) is 24.8 Å². The lowest BCUT2D eigenvalue weighted by atomic mass is 9.85. The largest absolute Gasteiger partial charge is 0.326 e. The van der Waals surface area contributed by atoms with Crippen molar-refractivity contribution in [2.24, 2.45) is 5.92 Å². The molecular formula is C13H15N5O. The van der Waals surface area contributed by atoms with Gasteiger partial charge >= 0.3 is 0 Å². The van der Waals surface area contributed by atoms with E-state index in [4.69, 9.17) is 0 Å². The van der Waals surface area contributed by atoms with Gasteiger partial charge in [-0.15, -0.1) is 5.10 Å². The highest BCUT2D eigenvalue weighted by molar-refractivity contribution is 5.94. The molecular weight excluding hydrogens is 242 g/mol. The highest BCUT2D eigenvalue weighted by Gasteiger charge is 2.25. The lowest BCUT2D eigenvalue weighted by Crippen LogP contribution is -2.28. The zero-order valence-electron chi connectivity index (χ0n) is 10.7. The van der Waals surface area contributed by atoms with Gasteiger partial charge in [-0.25, -0.2) is 4.68 Å². The zero-order chi connectivity index (χ0) is 13.2. The summed E-state index contributed by atoms with van der Waals surface area (Å²) in [5.41, 5.74) is 2.66.